The molecular formula is C13H17N3O2. The smallest absolute Gasteiger partial charge is 0.160 e. The molecule has 1 fully saturated rings. The third-order valence-corrected chi connectivity index (χ3v) is 3.36. The molecule has 5 nitrogen and oxygen atoms in total. The van der Waals surface area contributed by atoms with Crippen LogP contribution in [0.1, 0.15) is 24.7 Å². The van der Waals surface area contributed by atoms with Gasteiger partial charge in [0.15, 0.2) is 5.65 Å². The van der Waals surface area contributed by atoms with E-state index < -0.39 is 0 Å². The minimum Gasteiger partial charge on any atom is -0.396 e. The van der Waals surface area contributed by atoms with Crippen molar-refractivity contribution in [3.8, 4) is 0 Å². The van der Waals surface area contributed by atoms with Crippen LogP contribution in [0.5, 0.6) is 0 Å². The molecule has 0 amide bonds. The molecule has 2 aromatic heterocycles. The summed E-state index contributed by atoms with van der Waals surface area (Å²) in [4.78, 5) is 8.99. The summed E-state index contributed by atoms with van der Waals surface area (Å²) in [6.45, 7) is 1.66. The highest BCUT2D eigenvalue weighted by atomic mass is 16.5. The van der Waals surface area contributed by atoms with E-state index >= 15 is 0 Å². The number of ether oxygens (including phenoxy) is 1. The van der Waals surface area contributed by atoms with Crippen LogP contribution in [0.3, 0.4) is 0 Å². The van der Waals surface area contributed by atoms with E-state index in [9.17, 15) is 0 Å². The SMILES string of the molecule is OCCc1nc2cccnc2n1C1CCCOC1. The second-order valence-electron chi connectivity index (χ2n) is 4.59. The molecule has 1 atom stereocenters. The van der Waals surface area contributed by atoms with Crippen LogP contribution < -0.4 is 0 Å². The van der Waals surface area contributed by atoms with Gasteiger partial charge in [0, 0.05) is 19.2 Å². The fraction of sp³-hybridized carbons (Fsp3) is 0.538. The lowest BCUT2D eigenvalue weighted by molar-refractivity contribution is 0.0591. The summed E-state index contributed by atoms with van der Waals surface area (Å²) in [6.07, 6.45) is 4.50. The van der Waals surface area contributed by atoms with Gasteiger partial charge < -0.3 is 14.4 Å². The van der Waals surface area contributed by atoms with E-state index in [1.165, 1.54) is 0 Å². The quantitative estimate of drug-likeness (QED) is 0.888. The molecule has 3 rings (SSSR count). The van der Waals surface area contributed by atoms with Crippen LogP contribution in [0.15, 0.2) is 18.3 Å². The predicted octanol–water partition coefficient (Wildman–Crippen LogP) is 1.32. The number of aliphatic hydroxyl groups is 1. The molecule has 3 heterocycles. The molecule has 1 unspecified atom stereocenters. The van der Waals surface area contributed by atoms with Crippen LogP contribution in [0.25, 0.3) is 11.2 Å². The van der Waals surface area contributed by atoms with Crippen molar-refractivity contribution in [1.82, 2.24) is 14.5 Å². The Morgan fingerprint density at radius 3 is 3.22 bits per heavy atom. The largest absolute Gasteiger partial charge is 0.396 e. The van der Waals surface area contributed by atoms with Gasteiger partial charge in [-0.05, 0) is 25.0 Å². The monoisotopic (exact) mass is 247 g/mol. The topological polar surface area (TPSA) is 60.2 Å². The summed E-state index contributed by atoms with van der Waals surface area (Å²) in [5, 5.41) is 9.16. The molecule has 0 saturated carbocycles. The average Bonchev–Trinajstić information content (AvgIpc) is 2.78. The fourth-order valence-corrected chi connectivity index (χ4v) is 2.56. The second kappa shape index (κ2) is 5.04. The van der Waals surface area contributed by atoms with E-state index in [1.54, 1.807) is 6.20 Å². The molecule has 0 aromatic carbocycles. The van der Waals surface area contributed by atoms with E-state index in [4.69, 9.17) is 9.84 Å². The van der Waals surface area contributed by atoms with Crippen LogP contribution >= 0.6 is 0 Å². The molecule has 1 N–H and O–H groups in total. The zero-order valence-electron chi connectivity index (χ0n) is 10.2. The molecular weight excluding hydrogens is 230 g/mol. The van der Waals surface area contributed by atoms with Crippen LogP contribution in [-0.4, -0.2) is 39.5 Å². The lowest BCUT2D eigenvalue weighted by atomic mass is 10.1. The number of rotatable bonds is 3. The maximum absolute atomic E-state index is 9.16. The number of fused-ring (bicyclic) bond motifs is 1. The number of aliphatic hydroxyl groups excluding tert-OH is 1. The Morgan fingerprint density at radius 2 is 2.44 bits per heavy atom. The van der Waals surface area contributed by atoms with Crippen molar-refractivity contribution in [2.75, 3.05) is 19.8 Å². The number of imidazole rings is 1. The summed E-state index contributed by atoms with van der Waals surface area (Å²) < 4.78 is 7.69. The summed E-state index contributed by atoms with van der Waals surface area (Å²) in [7, 11) is 0. The second-order valence-corrected chi connectivity index (χ2v) is 4.59. The van der Waals surface area contributed by atoms with Crippen molar-refractivity contribution in [2.24, 2.45) is 0 Å². The number of nitrogens with zero attached hydrogens (tertiary/aromatic N) is 3. The lowest BCUT2D eigenvalue weighted by Crippen LogP contribution is -2.23. The Morgan fingerprint density at radius 1 is 1.50 bits per heavy atom. The van der Waals surface area contributed by atoms with Gasteiger partial charge in [0.05, 0.1) is 19.3 Å². The minimum atomic E-state index is 0.108. The maximum Gasteiger partial charge on any atom is 0.160 e. The van der Waals surface area contributed by atoms with E-state index in [0.29, 0.717) is 19.1 Å². The maximum atomic E-state index is 9.16. The highest BCUT2D eigenvalue weighted by Gasteiger charge is 2.22. The van der Waals surface area contributed by atoms with Gasteiger partial charge in [0.2, 0.25) is 0 Å². The van der Waals surface area contributed by atoms with Crippen LogP contribution in [0.2, 0.25) is 0 Å². The molecule has 2 aromatic rings. The standard InChI is InChI=1S/C13H17N3O2/c17-7-5-12-15-11-4-1-6-14-13(11)16(12)10-3-2-8-18-9-10/h1,4,6,10,17H,2-3,5,7-9H2. The lowest BCUT2D eigenvalue weighted by Gasteiger charge is -2.25. The highest BCUT2D eigenvalue weighted by molar-refractivity contribution is 5.71. The Kier molecular flexibility index (Phi) is 3.25. The Balaban J connectivity index is 2.07. The van der Waals surface area contributed by atoms with Gasteiger partial charge in [0.25, 0.3) is 0 Å². The third-order valence-electron chi connectivity index (χ3n) is 3.36. The molecule has 0 aliphatic carbocycles. The van der Waals surface area contributed by atoms with Gasteiger partial charge >= 0.3 is 0 Å². The predicted molar refractivity (Wildman–Crippen MR) is 67.4 cm³/mol. The summed E-state index contributed by atoms with van der Waals surface area (Å²) >= 11 is 0. The molecule has 96 valence electrons. The molecule has 1 aliphatic rings. The third kappa shape index (κ3) is 2.00. The van der Waals surface area contributed by atoms with Crippen LogP contribution in [-0.2, 0) is 11.2 Å². The number of hydrogen-bond donors (Lipinski definition) is 1. The van der Waals surface area contributed by atoms with E-state index in [1.807, 2.05) is 12.1 Å². The summed E-state index contributed by atoms with van der Waals surface area (Å²) in [6, 6.07) is 4.14. The summed E-state index contributed by atoms with van der Waals surface area (Å²) in [5.41, 5.74) is 1.79. The van der Waals surface area contributed by atoms with Crippen molar-refractivity contribution in [3.63, 3.8) is 0 Å². The molecule has 0 bridgehead atoms. The fourth-order valence-electron chi connectivity index (χ4n) is 2.56. The van der Waals surface area contributed by atoms with Crippen molar-refractivity contribution >= 4 is 11.2 Å². The Bertz CT molecular complexity index is 532. The number of pyridine rings is 1. The van der Waals surface area contributed by atoms with Crippen LogP contribution in [0.4, 0.5) is 0 Å². The van der Waals surface area contributed by atoms with Gasteiger partial charge in [0.1, 0.15) is 11.3 Å². The van der Waals surface area contributed by atoms with Gasteiger partial charge in [-0.3, -0.25) is 0 Å². The minimum absolute atomic E-state index is 0.108. The van der Waals surface area contributed by atoms with E-state index in [-0.39, 0.29) is 6.61 Å². The van der Waals surface area contributed by atoms with E-state index in [0.717, 1.165) is 36.4 Å². The molecule has 5 heteroatoms. The Hall–Kier alpha value is -1.46. The van der Waals surface area contributed by atoms with Gasteiger partial charge in [-0.1, -0.05) is 0 Å². The first-order chi connectivity index (χ1) is 8.90. The molecule has 18 heavy (non-hydrogen) atoms. The first-order valence-corrected chi connectivity index (χ1v) is 6.40. The van der Waals surface area contributed by atoms with Crippen molar-refractivity contribution in [3.05, 3.63) is 24.2 Å². The Labute approximate surface area is 105 Å². The molecule has 0 radical (unpaired) electrons. The van der Waals surface area contributed by atoms with Gasteiger partial charge in [-0.25, -0.2) is 9.97 Å². The van der Waals surface area contributed by atoms with Crippen LogP contribution in [0, 0.1) is 0 Å². The number of hydrogen-bond acceptors (Lipinski definition) is 4. The zero-order valence-corrected chi connectivity index (χ0v) is 10.2. The van der Waals surface area contributed by atoms with Crippen molar-refractivity contribution in [1.29, 1.82) is 0 Å². The van der Waals surface area contributed by atoms with Gasteiger partial charge in [-0.15, -0.1) is 0 Å². The van der Waals surface area contributed by atoms with Gasteiger partial charge in [-0.2, -0.15) is 0 Å². The average molecular weight is 247 g/mol. The summed E-state index contributed by atoms with van der Waals surface area (Å²) in [5.74, 6) is 0.904. The van der Waals surface area contributed by atoms with Crippen molar-refractivity contribution < 1.29 is 9.84 Å². The van der Waals surface area contributed by atoms with Crippen molar-refractivity contribution in [2.45, 2.75) is 25.3 Å². The van der Waals surface area contributed by atoms with E-state index in [2.05, 4.69) is 14.5 Å². The first kappa shape index (κ1) is 11.6. The zero-order chi connectivity index (χ0) is 12.4. The molecule has 1 aliphatic heterocycles. The normalized spacial score (nSPS) is 20.4. The molecule has 1 saturated heterocycles. The first-order valence-electron chi connectivity index (χ1n) is 6.40. The number of aromatic nitrogens is 3. The highest BCUT2D eigenvalue weighted by Crippen LogP contribution is 2.25. The molecule has 0 spiro atoms.